The molecule has 5 N–H and O–H groups in total. The van der Waals surface area contributed by atoms with Crippen molar-refractivity contribution in [3.8, 4) is 5.75 Å². The summed E-state index contributed by atoms with van der Waals surface area (Å²) in [7, 11) is 0. The molecule has 2 atom stereocenters. The van der Waals surface area contributed by atoms with Crippen LogP contribution in [0.3, 0.4) is 0 Å². The average molecular weight is 521 g/mol. The number of benzene rings is 1. The number of phenolic OH excluding ortho intramolecular Hbond substituents is 1. The summed E-state index contributed by atoms with van der Waals surface area (Å²) in [5.74, 6) is -1.73. The number of hydrogen-bond donors (Lipinski definition) is 4. The molecule has 4 amide bonds. The van der Waals surface area contributed by atoms with Gasteiger partial charge < -0.3 is 31.1 Å². The number of alkyl carbamates (subject to hydrolysis) is 1. The third kappa shape index (κ3) is 11.1. The Morgan fingerprint density at radius 1 is 1.08 bits per heavy atom. The van der Waals surface area contributed by atoms with Crippen LogP contribution >= 0.6 is 0 Å². The van der Waals surface area contributed by atoms with Gasteiger partial charge in [0.05, 0.1) is 6.42 Å². The molecule has 1 rings (SSSR count). The molecule has 0 saturated carbocycles. The van der Waals surface area contributed by atoms with Gasteiger partial charge >= 0.3 is 6.09 Å². The Balaban J connectivity index is 3.50. The van der Waals surface area contributed by atoms with Gasteiger partial charge in [-0.15, -0.1) is 0 Å². The lowest BCUT2D eigenvalue weighted by Crippen LogP contribution is -2.54. The van der Waals surface area contributed by atoms with Crippen molar-refractivity contribution < 1.29 is 29.0 Å². The van der Waals surface area contributed by atoms with Crippen molar-refractivity contribution in [2.75, 3.05) is 13.1 Å². The van der Waals surface area contributed by atoms with E-state index in [-0.39, 0.29) is 12.3 Å². The number of unbranched alkanes of at least 4 members (excludes halogenated alkanes) is 3. The fourth-order valence-corrected chi connectivity index (χ4v) is 3.76. The monoisotopic (exact) mass is 520 g/mol. The lowest BCUT2D eigenvalue weighted by Gasteiger charge is -2.34. The molecule has 0 saturated heterocycles. The summed E-state index contributed by atoms with van der Waals surface area (Å²) in [4.78, 5) is 53.1. The van der Waals surface area contributed by atoms with Crippen molar-refractivity contribution >= 4 is 23.8 Å². The van der Waals surface area contributed by atoms with Crippen LogP contribution in [0.1, 0.15) is 90.3 Å². The number of primary amides is 1. The fourth-order valence-electron chi connectivity index (χ4n) is 3.76. The molecule has 0 aliphatic carbocycles. The lowest BCUT2D eigenvalue weighted by atomic mass is 9.99. The predicted molar refractivity (Wildman–Crippen MR) is 142 cm³/mol. The summed E-state index contributed by atoms with van der Waals surface area (Å²) in [5.41, 5.74) is 5.64. The molecular formula is C27H44N4O6. The maximum atomic E-state index is 13.9. The van der Waals surface area contributed by atoms with Crippen LogP contribution in [-0.2, 0) is 19.1 Å². The average Bonchev–Trinajstić information content (AvgIpc) is 2.78. The molecule has 0 aromatic heterocycles. The van der Waals surface area contributed by atoms with Gasteiger partial charge in [0.15, 0.2) is 0 Å². The normalized spacial score (nSPS) is 12.8. The summed E-state index contributed by atoms with van der Waals surface area (Å²) in [6.07, 6.45) is 2.61. The Hall–Kier alpha value is -3.30. The van der Waals surface area contributed by atoms with Crippen molar-refractivity contribution in [2.45, 2.75) is 97.8 Å². The summed E-state index contributed by atoms with van der Waals surface area (Å²) < 4.78 is 5.29. The lowest BCUT2D eigenvalue weighted by molar-refractivity contribution is -0.143. The highest BCUT2D eigenvalue weighted by Gasteiger charge is 2.36. The summed E-state index contributed by atoms with van der Waals surface area (Å²) in [6.45, 7) is 11.4. The van der Waals surface area contributed by atoms with E-state index in [0.29, 0.717) is 24.1 Å². The van der Waals surface area contributed by atoms with E-state index in [0.717, 1.165) is 25.7 Å². The van der Waals surface area contributed by atoms with Gasteiger partial charge in [-0.1, -0.05) is 39.2 Å². The number of phenols is 1. The van der Waals surface area contributed by atoms with Gasteiger partial charge in [-0.2, -0.15) is 0 Å². The number of rotatable bonds is 14. The van der Waals surface area contributed by atoms with Crippen molar-refractivity contribution in [3.63, 3.8) is 0 Å². The minimum absolute atomic E-state index is 0.0657. The molecule has 0 aliphatic heterocycles. The van der Waals surface area contributed by atoms with Crippen LogP contribution in [0.2, 0.25) is 0 Å². The van der Waals surface area contributed by atoms with Crippen LogP contribution in [0, 0.1) is 6.92 Å². The highest BCUT2D eigenvalue weighted by molar-refractivity contribution is 5.94. The number of carbonyl (C=O) groups excluding carboxylic acids is 4. The smallest absolute Gasteiger partial charge is 0.408 e. The minimum atomic E-state index is -1.32. The standard InChI is InChI=1S/C27H44N4O6/c1-7-9-11-15-31(25(35)20(17-22(28)33)30-26(36)37-27(4,5)6)23(24(34)29-14-10-8-2)19-12-13-21(32)18(3)16-19/h12-13,16,20,23,32H,7-11,14-15,17H2,1-6H3,(H2,28,33)(H,29,34)(H,30,36). The maximum absolute atomic E-state index is 13.9. The second kappa shape index (κ2) is 15.1. The number of ether oxygens (including phenoxy) is 1. The maximum Gasteiger partial charge on any atom is 0.408 e. The molecule has 1 aromatic rings. The Labute approximate surface area is 220 Å². The van der Waals surface area contributed by atoms with Gasteiger partial charge in [0.1, 0.15) is 23.4 Å². The first-order chi connectivity index (χ1) is 17.3. The molecule has 0 radical (unpaired) electrons. The summed E-state index contributed by atoms with van der Waals surface area (Å²) >= 11 is 0. The molecule has 0 spiro atoms. The van der Waals surface area contributed by atoms with Crippen molar-refractivity contribution in [3.05, 3.63) is 29.3 Å². The van der Waals surface area contributed by atoms with E-state index in [1.165, 1.54) is 11.0 Å². The highest BCUT2D eigenvalue weighted by atomic mass is 16.6. The van der Waals surface area contributed by atoms with E-state index >= 15 is 0 Å². The van der Waals surface area contributed by atoms with Gasteiger partial charge in [-0.3, -0.25) is 14.4 Å². The molecule has 2 unspecified atom stereocenters. The number of nitrogens with two attached hydrogens (primary N) is 1. The van der Waals surface area contributed by atoms with Crippen LogP contribution in [0.25, 0.3) is 0 Å². The Morgan fingerprint density at radius 2 is 1.73 bits per heavy atom. The first-order valence-corrected chi connectivity index (χ1v) is 13.0. The number of carbonyl (C=O) groups is 4. The van der Waals surface area contributed by atoms with E-state index in [1.54, 1.807) is 39.8 Å². The van der Waals surface area contributed by atoms with Crippen molar-refractivity contribution in [2.24, 2.45) is 5.73 Å². The zero-order valence-electron chi connectivity index (χ0n) is 23.1. The SMILES string of the molecule is CCCCCN(C(=O)C(CC(N)=O)NC(=O)OC(C)(C)C)C(C(=O)NCCCC)c1ccc(O)c(C)c1. The fraction of sp³-hybridized carbons (Fsp3) is 0.630. The van der Waals surface area contributed by atoms with Gasteiger partial charge in [0, 0.05) is 13.1 Å². The first-order valence-electron chi connectivity index (χ1n) is 13.0. The Morgan fingerprint density at radius 3 is 2.27 bits per heavy atom. The second-order valence-corrected chi connectivity index (χ2v) is 10.2. The molecular weight excluding hydrogens is 476 g/mol. The van der Waals surface area contributed by atoms with Crippen molar-refractivity contribution in [1.29, 1.82) is 0 Å². The quantitative estimate of drug-likeness (QED) is 0.276. The van der Waals surface area contributed by atoms with Gasteiger partial charge in [-0.05, 0) is 63.8 Å². The molecule has 1 aromatic carbocycles. The van der Waals surface area contributed by atoms with E-state index < -0.39 is 47.9 Å². The van der Waals surface area contributed by atoms with E-state index in [9.17, 15) is 24.3 Å². The number of aromatic hydroxyl groups is 1. The Kier molecular flexibility index (Phi) is 12.9. The minimum Gasteiger partial charge on any atom is -0.508 e. The molecule has 10 nitrogen and oxygen atoms in total. The Bertz CT molecular complexity index is 928. The zero-order valence-corrected chi connectivity index (χ0v) is 23.1. The van der Waals surface area contributed by atoms with Gasteiger partial charge in [-0.25, -0.2) is 4.79 Å². The molecule has 0 fully saturated rings. The van der Waals surface area contributed by atoms with E-state index in [1.807, 2.05) is 13.8 Å². The van der Waals surface area contributed by atoms with Crippen molar-refractivity contribution in [1.82, 2.24) is 15.5 Å². The third-order valence-electron chi connectivity index (χ3n) is 5.61. The number of aryl methyl sites for hydroxylation is 1. The largest absolute Gasteiger partial charge is 0.508 e. The molecule has 0 bridgehead atoms. The molecule has 208 valence electrons. The molecule has 0 heterocycles. The summed E-state index contributed by atoms with van der Waals surface area (Å²) in [5, 5.41) is 15.4. The van der Waals surface area contributed by atoms with Crippen LogP contribution in [-0.4, -0.2) is 58.6 Å². The number of amides is 4. The number of nitrogens with one attached hydrogen (secondary N) is 2. The number of hydrogen-bond acceptors (Lipinski definition) is 6. The summed E-state index contributed by atoms with van der Waals surface area (Å²) in [6, 6.07) is 2.36. The number of nitrogens with zero attached hydrogens (tertiary/aromatic N) is 1. The van der Waals surface area contributed by atoms with Crippen LogP contribution in [0.4, 0.5) is 4.79 Å². The van der Waals surface area contributed by atoms with Crippen LogP contribution in [0.15, 0.2) is 18.2 Å². The molecule has 10 heteroatoms. The van der Waals surface area contributed by atoms with Gasteiger partial charge in [0.2, 0.25) is 17.7 Å². The highest BCUT2D eigenvalue weighted by Crippen LogP contribution is 2.28. The second-order valence-electron chi connectivity index (χ2n) is 10.2. The topological polar surface area (TPSA) is 151 Å². The third-order valence-corrected chi connectivity index (χ3v) is 5.61. The van der Waals surface area contributed by atoms with E-state index in [2.05, 4.69) is 10.6 Å². The van der Waals surface area contributed by atoms with E-state index in [4.69, 9.17) is 10.5 Å². The first kappa shape index (κ1) is 31.7. The van der Waals surface area contributed by atoms with Gasteiger partial charge in [0.25, 0.3) is 0 Å². The van der Waals surface area contributed by atoms with Crippen LogP contribution < -0.4 is 16.4 Å². The molecule has 37 heavy (non-hydrogen) atoms. The molecule has 0 aliphatic rings. The van der Waals surface area contributed by atoms with Crippen LogP contribution in [0.5, 0.6) is 5.75 Å². The zero-order chi connectivity index (χ0) is 28.2. The predicted octanol–water partition coefficient (Wildman–Crippen LogP) is 3.45.